The Labute approximate surface area is 130 Å². The lowest BCUT2D eigenvalue weighted by atomic mass is 9.84. The summed E-state index contributed by atoms with van der Waals surface area (Å²) in [6.45, 7) is 16.7. The first kappa shape index (κ1) is 17.8. The van der Waals surface area contributed by atoms with Crippen molar-refractivity contribution in [3.05, 3.63) is 0 Å². The number of aliphatic imine (C=N–C) groups is 1. The number of nitrogens with one attached hydrogen (secondary N) is 1. The third kappa shape index (κ3) is 4.96. The Hall–Kier alpha value is -0.220. The smallest absolute Gasteiger partial charge is 0.156 e. The predicted molar refractivity (Wildman–Crippen MR) is 92.8 cm³/mol. The SMILES string of the molecule is CCC1(CC)CN=C(NCCN(C(C)C)C(C)C)SC1. The van der Waals surface area contributed by atoms with Gasteiger partial charge in [0.15, 0.2) is 5.17 Å². The number of hydrogen-bond donors (Lipinski definition) is 1. The number of thioether (sulfide) groups is 1. The molecule has 0 bridgehead atoms. The summed E-state index contributed by atoms with van der Waals surface area (Å²) in [5.41, 5.74) is 0.442. The van der Waals surface area contributed by atoms with Gasteiger partial charge in [0, 0.05) is 37.5 Å². The summed E-state index contributed by atoms with van der Waals surface area (Å²) in [6.07, 6.45) is 2.48. The number of rotatable bonds is 7. The molecule has 0 aromatic carbocycles. The van der Waals surface area contributed by atoms with Gasteiger partial charge in [-0.05, 0) is 46.0 Å². The monoisotopic (exact) mass is 299 g/mol. The van der Waals surface area contributed by atoms with Crippen molar-refractivity contribution in [3.63, 3.8) is 0 Å². The van der Waals surface area contributed by atoms with E-state index >= 15 is 0 Å². The molecule has 20 heavy (non-hydrogen) atoms. The molecule has 1 aliphatic heterocycles. The Kier molecular flexibility index (Phi) is 7.38. The van der Waals surface area contributed by atoms with Crippen LogP contribution in [-0.2, 0) is 0 Å². The summed E-state index contributed by atoms with van der Waals surface area (Å²) in [4.78, 5) is 7.28. The zero-order chi connectivity index (χ0) is 15.2. The highest BCUT2D eigenvalue weighted by molar-refractivity contribution is 8.13. The van der Waals surface area contributed by atoms with Gasteiger partial charge in [0.05, 0.1) is 0 Å². The van der Waals surface area contributed by atoms with Crippen molar-refractivity contribution in [3.8, 4) is 0 Å². The minimum absolute atomic E-state index is 0.442. The van der Waals surface area contributed by atoms with E-state index in [0.717, 1.165) is 24.8 Å². The fourth-order valence-corrected chi connectivity index (χ4v) is 4.04. The molecule has 0 radical (unpaired) electrons. The Morgan fingerprint density at radius 3 is 2.20 bits per heavy atom. The molecule has 0 amide bonds. The molecule has 0 saturated heterocycles. The van der Waals surface area contributed by atoms with Crippen molar-refractivity contribution in [2.75, 3.05) is 25.4 Å². The standard InChI is InChI=1S/C16H33N3S/c1-7-16(8-2)11-18-15(20-12-16)17-9-10-19(13(3)4)14(5)6/h13-14H,7-12H2,1-6H3,(H,17,18). The van der Waals surface area contributed by atoms with Gasteiger partial charge in [0.2, 0.25) is 0 Å². The molecule has 0 aromatic heterocycles. The number of amidine groups is 1. The van der Waals surface area contributed by atoms with Gasteiger partial charge >= 0.3 is 0 Å². The molecule has 1 rings (SSSR count). The van der Waals surface area contributed by atoms with E-state index < -0.39 is 0 Å². The van der Waals surface area contributed by atoms with Crippen molar-refractivity contribution in [1.29, 1.82) is 0 Å². The number of hydrogen-bond acceptors (Lipinski definition) is 4. The van der Waals surface area contributed by atoms with E-state index in [1.54, 1.807) is 0 Å². The molecule has 0 aromatic rings. The largest absolute Gasteiger partial charge is 0.364 e. The molecule has 0 fully saturated rings. The van der Waals surface area contributed by atoms with E-state index in [1.807, 2.05) is 11.8 Å². The van der Waals surface area contributed by atoms with E-state index in [-0.39, 0.29) is 0 Å². The van der Waals surface area contributed by atoms with Crippen LogP contribution in [0.1, 0.15) is 54.4 Å². The minimum atomic E-state index is 0.442. The topological polar surface area (TPSA) is 27.6 Å². The van der Waals surface area contributed by atoms with Crippen LogP contribution in [-0.4, -0.2) is 47.5 Å². The van der Waals surface area contributed by atoms with Gasteiger partial charge < -0.3 is 5.32 Å². The molecular formula is C16H33N3S. The summed E-state index contributed by atoms with van der Waals surface area (Å²) < 4.78 is 0. The van der Waals surface area contributed by atoms with E-state index in [9.17, 15) is 0 Å². The lowest BCUT2D eigenvalue weighted by Gasteiger charge is -2.34. The minimum Gasteiger partial charge on any atom is -0.364 e. The van der Waals surface area contributed by atoms with Crippen LogP contribution in [0.15, 0.2) is 4.99 Å². The normalized spacial score (nSPS) is 18.8. The second-order valence-electron chi connectivity index (χ2n) is 6.47. The molecule has 0 spiro atoms. The fourth-order valence-electron chi connectivity index (χ4n) is 2.74. The van der Waals surface area contributed by atoms with Crippen LogP contribution < -0.4 is 5.32 Å². The van der Waals surface area contributed by atoms with Gasteiger partial charge in [0.25, 0.3) is 0 Å². The third-order valence-corrected chi connectivity index (χ3v) is 5.85. The lowest BCUT2D eigenvalue weighted by Crippen LogP contribution is -2.43. The molecule has 0 aliphatic carbocycles. The average molecular weight is 300 g/mol. The van der Waals surface area contributed by atoms with Crippen LogP contribution in [0.3, 0.4) is 0 Å². The summed E-state index contributed by atoms with van der Waals surface area (Å²) in [6, 6.07) is 1.20. The molecule has 0 saturated carbocycles. The Bertz CT molecular complexity index is 301. The zero-order valence-electron chi connectivity index (χ0n) is 14.2. The van der Waals surface area contributed by atoms with Crippen LogP contribution in [0.5, 0.6) is 0 Å². The molecule has 118 valence electrons. The van der Waals surface area contributed by atoms with Crippen LogP contribution in [0, 0.1) is 5.41 Å². The molecular weight excluding hydrogens is 266 g/mol. The summed E-state index contributed by atoms with van der Waals surface area (Å²) in [7, 11) is 0. The van der Waals surface area contributed by atoms with Crippen LogP contribution in [0.2, 0.25) is 0 Å². The third-order valence-electron chi connectivity index (χ3n) is 4.55. The first-order valence-corrected chi connectivity index (χ1v) is 9.09. The van der Waals surface area contributed by atoms with Crippen molar-refractivity contribution in [2.45, 2.75) is 66.5 Å². The molecule has 3 nitrogen and oxygen atoms in total. The van der Waals surface area contributed by atoms with Crippen molar-refractivity contribution >= 4 is 16.9 Å². The highest BCUT2D eigenvalue weighted by Gasteiger charge is 2.30. The fraction of sp³-hybridized carbons (Fsp3) is 0.938. The van der Waals surface area contributed by atoms with Gasteiger partial charge in [-0.1, -0.05) is 25.6 Å². The quantitative estimate of drug-likeness (QED) is 0.778. The van der Waals surface area contributed by atoms with Crippen LogP contribution in [0.25, 0.3) is 0 Å². The maximum atomic E-state index is 4.76. The molecule has 0 unspecified atom stereocenters. The van der Waals surface area contributed by atoms with Gasteiger partial charge in [-0.25, -0.2) is 0 Å². The van der Waals surface area contributed by atoms with E-state index in [2.05, 4.69) is 51.8 Å². The van der Waals surface area contributed by atoms with Crippen molar-refractivity contribution < 1.29 is 0 Å². The second-order valence-corrected chi connectivity index (χ2v) is 7.43. The average Bonchev–Trinajstić information content (AvgIpc) is 2.43. The van der Waals surface area contributed by atoms with E-state index in [1.165, 1.54) is 18.6 Å². The maximum absolute atomic E-state index is 4.76. The second kappa shape index (κ2) is 8.28. The van der Waals surface area contributed by atoms with Gasteiger partial charge in [0.1, 0.15) is 0 Å². The molecule has 1 N–H and O–H groups in total. The molecule has 1 heterocycles. The molecule has 4 heteroatoms. The lowest BCUT2D eigenvalue weighted by molar-refractivity contribution is 0.178. The Balaban J connectivity index is 2.38. The van der Waals surface area contributed by atoms with Crippen LogP contribution in [0.4, 0.5) is 0 Å². The first-order valence-electron chi connectivity index (χ1n) is 8.11. The van der Waals surface area contributed by atoms with Gasteiger partial charge in [-0.3, -0.25) is 9.89 Å². The number of nitrogens with zero attached hydrogens (tertiary/aromatic N) is 2. The predicted octanol–water partition coefficient (Wildman–Crippen LogP) is 3.60. The zero-order valence-corrected chi connectivity index (χ0v) is 15.0. The first-order chi connectivity index (χ1) is 9.44. The highest BCUT2D eigenvalue weighted by Crippen LogP contribution is 2.34. The maximum Gasteiger partial charge on any atom is 0.156 e. The van der Waals surface area contributed by atoms with E-state index in [0.29, 0.717) is 17.5 Å². The Morgan fingerprint density at radius 2 is 1.80 bits per heavy atom. The molecule has 0 atom stereocenters. The van der Waals surface area contributed by atoms with Crippen molar-refractivity contribution in [1.82, 2.24) is 10.2 Å². The summed E-state index contributed by atoms with van der Waals surface area (Å²) >= 11 is 1.91. The highest BCUT2D eigenvalue weighted by atomic mass is 32.2. The van der Waals surface area contributed by atoms with E-state index in [4.69, 9.17) is 4.99 Å². The van der Waals surface area contributed by atoms with Gasteiger partial charge in [-0.2, -0.15) is 0 Å². The Morgan fingerprint density at radius 1 is 1.20 bits per heavy atom. The summed E-state index contributed by atoms with van der Waals surface area (Å²) in [5.74, 6) is 1.21. The molecule has 1 aliphatic rings. The van der Waals surface area contributed by atoms with Crippen molar-refractivity contribution in [2.24, 2.45) is 10.4 Å². The summed E-state index contributed by atoms with van der Waals surface area (Å²) in [5, 5.41) is 4.67. The van der Waals surface area contributed by atoms with Crippen LogP contribution >= 0.6 is 11.8 Å². The van der Waals surface area contributed by atoms with Gasteiger partial charge in [-0.15, -0.1) is 0 Å².